The van der Waals surface area contributed by atoms with Crippen molar-refractivity contribution in [2.24, 2.45) is 23.2 Å². The minimum absolute atomic E-state index is 0.126. The van der Waals surface area contributed by atoms with Crippen LogP contribution in [-0.2, 0) is 0 Å². The highest BCUT2D eigenvalue weighted by molar-refractivity contribution is 5.99. The van der Waals surface area contributed by atoms with Crippen LogP contribution in [0.25, 0.3) is 10.8 Å². The zero-order valence-electron chi connectivity index (χ0n) is 15.1. The molecule has 2 aromatic rings. The van der Waals surface area contributed by atoms with Crippen LogP contribution in [0, 0.1) is 33.3 Å². The maximum atomic E-state index is 11.3. The van der Waals surface area contributed by atoms with Crippen LogP contribution in [0.1, 0.15) is 45.4 Å². The minimum atomic E-state index is -0.323. The molecule has 0 saturated heterocycles. The van der Waals surface area contributed by atoms with Crippen molar-refractivity contribution >= 4 is 22.1 Å². The number of anilines is 1. The number of aromatic nitrogens is 1. The number of hydrogen-bond acceptors (Lipinski definition) is 4. The summed E-state index contributed by atoms with van der Waals surface area (Å²) >= 11 is 0. The van der Waals surface area contributed by atoms with Gasteiger partial charge >= 0.3 is 0 Å². The molecule has 6 rings (SSSR count). The summed E-state index contributed by atoms with van der Waals surface area (Å²) < 4.78 is 0. The second-order valence-corrected chi connectivity index (χ2v) is 8.96. The number of fused-ring (bicyclic) bond motifs is 1. The Hall–Kier alpha value is -2.17. The maximum Gasteiger partial charge on any atom is 0.278 e. The first-order valence-corrected chi connectivity index (χ1v) is 9.82. The monoisotopic (exact) mass is 351 g/mol. The number of pyridine rings is 1. The van der Waals surface area contributed by atoms with E-state index in [4.69, 9.17) is 0 Å². The van der Waals surface area contributed by atoms with Gasteiger partial charge in [0.2, 0.25) is 0 Å². The zero-order valence-corrected chi connectivity index (χ0v) is 15.1. The fraction of sp³-hybridized carbons (Fsp3) is 0.571. The third-order valence-electron chi connectivity index (χ3n) is 7.37. The molecule has 4 aliphatic rings. The van der Waals surface area contributed by atoms with Crippen LogP contribution in [0.3, 0.4) is 0 Å². The first-order valence-electron chi connectivity index (χ1n) is 9.82. The molecule has 0 radical (unpaired) electrons. The summed E-state index contributed by atoms with van der Waals surface area (Å²) in [7, 11) is 0. The molecule has 26 heavy (non-hydrogen) atoms. The first-order chi connectivity index (χ1) is 12.5. The van der Waals surface area contributed by atoms with Gasteiger partial charge in [-0.1, -0.05) is 0 Å². The van der Waals surface area contributed by atoms with Crippen LogP contribution in [-0.4, -0.2) is 15.9 Å². The van der Waals surface area contributed by atoms with Gasteiger partial charge in [-0.15, -0.1) is 0 Å². The first kappa shape index (κ1) is 16.0. The van der Waals surface area contributed by atoms with Crippen molar-refractivity contribution in [3.63, 3.8) is 0 Å². The molecule has 1 aromatic carbocycles. The molecule has 5 nitrogen and oxygen atoms in total. The van der Waals surface area contributed by atoms with Crippen molar-refractivity contribution in [1.82, 2.24) is 4.98 Å². The van der Waals surface area contributed by atoms with Crippen LogP contribution >= 0.6 is 0 Å². The minimum Gasteiger partial charge on any atom is -0.382 e. The van der Waals surface area contributed by atoms with Gasteiger partial charge in [-0.3, -0.25) is 15.1 Å². The fourth-order valence-corrected chi connectivity index (χ4v) is 6.55. The number of nitrogens with one attached hydrogen (secondary N) is 1. The second-order valence-electron chi connectivity index (χ2n) is 8.96. The quantitative estimate of drug-likeness (QED) is 0.610. The van der Waals surface area contributed by atoms with Crippen LogP contribution in [0.2, 0.25) is 0 Å². The van der Waals surface area contributed by atoms with Crippen molar-refractivity contribution in [2.45, 2.75) is 51.5 Å². The normalized spacial score (nSPS) is 33.3. The molecule has 4 bridgehead atoms. The third kappa shape index (κ3) is 2.40. The van der Waals surface area contributed by atoms with Crippen LogP contribution in [0.4, 0.5) is 11.4 Å². The average Bonchev–Trinajstić information content (AvgIpc) is 2.60. The topological polar surface area (TPSA) is 68.1 Å². The predicted molar refractivity (Wildman–Crippen MR) is 102 cm³/mol. The van der Waals surface area contributed by atoms with Crippen LogP contribution < -0.4 is 5.32 Å². The summed E-state index contributed by atoms with van der Waals surface area (Å²) in [6.07, 6.45) is 11.7. The number of benzene rings is 1. The summed E-state index contributed by atoms with van der Waals surface area (Å²) in [4.78, 5) is 15.1. The Morgan fingerprint density at radius 1 is 1.12 bits per heavy atom. The molecule has 1 unspecified atom stereocenters. The molecule has 0 amide bonds. The summed E-state index contributed by atoms with van der Waals surface area (Å²) in [5.74, 6) is 2.76. The largest absolute Gasteiger partial charge is 0.382 e. The maximum absolute atomic E-state index is 11.3. The molecule has 4 aliphatic carbocycles. The summed E-state index contributed by atoms with van der Waals surface area (Å²) in [5.41, 5.74) is 1.52. The highest BCUT2D eigenvalue weighted by Crippen LogP contribution is 2.61. The zero-order chi connectivity index (χ0) is 17.9. The highest BCUT2D eigenvalue weighted by Gasteiger charge is 2.53. The molecule has 5 heteroatoms. The summed E-state index contributed by atoms with van der Waals surface area (Å²) in [6, 6.07) is 5.75. The lowest BCUT2D eigenvalue weighted by Crippen LogP contribution is -2.52. The van der Waals surface area contributed by atoms with Crippen molar-refractivity contribution in [1.29, 1.82) is 0 Å². The number of nitrogens with zero attached hydrogens (tertiary/aromatic N) is 2. The van der Waals surface area contributed by atoms with Gasteiger partial charge < -0.3 is 5.32 Å². The van der Waals surface area contributed by atoms with Crippen LogP contribution in [0.5, 0.6) is 0 Å². The molecule has 1 N–H and O–H groups in total. The van der Waals surface area contributed by atoms with E-state index < -0.39 is 0 Å². The van der Waals surface area contributed by atoms with Gasteiger partial charge in [-0.05, 0) is 80.8 Å². The molecule has 4 saturated carbocycles. The van der Waals surface area contributed by atoms with Gasteiger partial charge in [0.15, 0.2) is 0 Å². The number of non-ortho nitro benzene ring substituents is 1. The fourth-order valence-electron chi connectivity index (χ4n) is 6.55. The van der Waals surface area contributed by atoms with Crippen molar-refractivity contribution in [3.8, 4) is 0 Å². The van der Waals surface area contributed by atoms with Gasteiger partial charge in [0.05, 0.1) is 10.3 Å². The molecule has 1 atom stereocenters. The molecular weight excluding hydrogens is 326 g/mol. The molecule has 0 spiro atoms. The van der Waals surface area contributed by atoms with Gasteiger partial charge in [-0.25, -0.2) is 0 Å². The Morgan fingerprint density at radius 3 is 2.38 bits per heavy atom. The predicted octanol–water partition coefficient (Wildman–Crippen LogP) is 5.16. The third-order valence-corrected chi connectivity index (χ3v) is 7.37. The van der Waals surface area contributed by atoms with Crippen LogP contribution in [0.15, 0.2) is 30.6 Å². The van der Waals surface area contributed by atoms with Gasteiger partial charge in [0.1, 0.15) is 0 Å². The van der Waals surface area contributed by atoms with Gasteiger partial charge in [0.25, 0.3) is 5.69 Å². The molecular formula is C21H25N3O2. The van der Waals surface area contributed by atoms with E-state index in [1.165, 1.54) is 38.5 Å². The smallest absolute Gasteiger partial charge is 0.278 e. The second kappa shape index (κ2) is 5.66. The number of hydrogen-bond donors (Lipinski definition) is 1. The van der Waals surface area contributed by atoms with E-state index in [-0.39, 0.29) is 10.6 Å². The van der Waals surface area contributed by atoms with E-state index in [2.05, 4.69) is 17.2 Å². The molecule has 4 fully saturated rings. The SMILES string of the molecule is CC(Nc1ccc([N+](=O)[O-])c2cnccc12)C12CC3CC(CC(C3)C1)C2. The Labute approximate surface area is 153 Å². The number of nitro groups is 1. The highest BCUT2D eigenvalue weighted by atomic mass is 16.6. The van der Waals surface area contributed by atoms with E-state index in [0.29, 0.717) is 16.8 Å². The number of nitro benzene ring substituents is 1. The lowest BCUT2D eigenvalue weighted by atomic mass is 9.48. The lowest BCUT2D eigenvalue weighted by molar-refractivity contribution is -0.383. The summed E-state index contributed by atoms with van der Waals surface area (Å²) in [6.45, 7) is 2.32. The van der Waals surface area contributed by atoms with E-state index in [0.717, 1.165) is 28.8 Å². The van der Waals surface area contributed by atoms with E-state index in [1.807, 2.05) is 12.1 Å². The van der Waals surface area contributed by atoms with Gasteiger partial charge in [0, 0.05) is 35.6 Å². The van der Waals surface area contributed by atoms with Crippen molar-refractivity contribution in [3.05, 3.63) is 40.7 Å². The molecule has 0 aliphatic heterocycles. The summed E-state index contributed by atoms with van der Waals surface area (Å²) in [5, 5.41) is 16.6. The molecule has 136 valence electrons. The molecule has 1 heterocycles. The number of rotatable bonds is 4. The standard InChI is InChI=1S/C21H25N3O2/c1-13(21-9-14-6-15(10-21)8-16(7-14)11-21)23-19-2-3-20(24(25)26)18-12-22-5-4-17(18)19/h2-5,12-16,23H,6-11H2,1H3. The van der Waals surface area contributed by atoms with E-state index >= 15 is 0 Å². The Bertz CT molecular complexity index is 843. The lowest BCUT2D eigenvalue weighted by Gasteiger charge is -2.59. The Morgan fingerprint density at radius 2 is 1.77 bits per heavy atom. The van der Waals surface area contributed by atoms with Crippen molar-refractivity contribution in [2.75, 3.05) is 5.32 Å². The van der Waals surface area contributed by atoms with E-state index in [9.17, 15) is 10.1 Å². The van der Waals surface area contributed by atoms with Crippen molar-refractivity contribution < 1.29 is 4.92 Å². The Kier molecular flexibility index (Phi) is 3.49. The average molecular weight is 351 g/mol. The van der Waals surface area contributed by atoms with Gasteiger partial charge in [-0.2, -0.15) is 0 Å². The van der Waals surface area contributed by atoms with E-state index in [1.54, 1.807) is 18.5 Å². The molecule has 1 aromatic heterocycles. The Balaban J connectivity index is 1.48.